The number of halogens is 1. The topological polar surface area (TPSA) is 87.0 Å². The Hall–Kier alpha value is -2.24. The van der Waals surface area contributed by atoms with E-state index in [0.29, 0.717) is 10.6 Å². The lowest BCUT2D eigenvalue weighted by atomic mass is 9.93. The number of aliphatic hydroxyl groups is 1. The zero-order valence-electron chi connectivity index (χ0n) is 10.7. The molecule has 0 saturated heterocycles. The molecule has 2 atom stereocenters. The van der Waals surface area contributed by atoms with Crippen molar-refractivity contribution in [2.75, 3.05) is 0 Å². The number of fused-ring (bicyclic) bond motifs is 1. The van der Waals surface area contributed by atoms with Crippen LogP contribution in [0.3, 0.4) is 0 Å². The van der Waals surface area contributed by atoms with E-state index in [2.05, 4.69) is 0 Å². The number of phenols is 2. The molecular formula is C15H11ClO5. The number of aromatic hydroxyl groups is 2. The SMILES string of the molecule is O=C1c2c(O)cc(O)cc2OC(c2ccc(Cl)cc2)C1O. The van der Waals surface area contributed by atoms with Crippen LogP contribution < -0.4 is 4.74 Å². The molecule has 0 radical (unpaired) electrons. The highest BCUT2D eigenvalue weighted by Gasteiger charge is 2.38. The number of benzene rings is 2. The van der Waals surface area contributed by atoms with Gasteiger partial charge in [0.25, 0.3) is 0 Å². The van der Waals surface area contributed by atoms with Crippen molar-refractivity contribution in [3.05, 3.63) is 52.5 Å². The number of phenolic OH excluding ortho intramolecular Hbond substituents is 2. The van der Waals surface area contributed by atoms with Crippen molar-refractivity contribution in [2.24, 2.45) is 0 Å². The normalized spacial score (nSPS) is 20.8. The average molecular weight is 307 g/mol. The minimum absolute atomic E-state index is 0.0303. The van der Waals surface area contributed by atoms with E-state index >= 15 is 0 Å². The Morgan fingerprint density at radius 2 is 1.76 bits per heavy atom. The highest BCUT2D eigenvalue weighted by Crippen LogP contribution is 2.41. The van der Waals surface area contributed by atoms with Crippen molar-refractivity contribution in [3.63, 3.8) is 0 Å². The molecule has 0 aromatic heterocycles. The fourth-order valence-corrected chi connectivity index (χ4v) is 2.44. The van der Waals surface area contributed by atoms with Crippen LogP contribution >= 0.6 is 11.6 Å². The Kier molecular flexibility index (Phi) is 3.23. The second-order valence-corrected chi connectivity index (χ2v) is 5.17. The molecule has 2 aromatic carbocycles. The third-order valence-electron chi connectivity index (χ3n) is 3.32. The number of hydrogen-bond donors (Lipinski definition) is 3. The van der Waals surface area contributed by atoms with Crippen molar-refractivity contribution in [1.82, 2.24) is 0 Å². The largest absolute Gasteiger partial charge is 0.508 e. The Morgan fingerprint density at radius 3 is 2.43 bits per heavy atom. The van der Waals surface area contributed by atoms with Gasteiger partial charge in [-0.1, -0.05) is 23.7 Å². The fourth-order valence-electron chi connectivity index (χ4n) is 2.32. The van der Waals surface area contributed by atoms with Gasteiger partial charge in [-0.25, -0.2) is 0 Å². The van der Waals surface area contributed by atoms with Crippen LogP contribution in [-0.2, 0) is 0 Å². The van der Waals surface area contributed by atoms with Crippen LogP contribution in [0, 0.1) is 0 Å². The Balaban J connectivity index is 2.07. The Labute approximate surface area is 125 Å². The molecule has 2 aromatic rings. The minimum atomic E-state index is -1.45. The third kappa shape index (κ3) is 2.30. The summed E-state index contributed by atoms with van der Waals surface area (Å²) in [6, 6.07) is 8.76. The number of ketones is 1. The van der Waals surface area contributed by atoms with Gasteiger partial charge in [0.05, 0.1) is 0 Å². The molecule has 0 fully saturated rings. The summed E-state index contributed by atoms with van der Waals surface area (Å²) in [5.74, 6) is -1.29. The molecule has 3 N–H and O–H groups in total. The third-order valence-corrected chi connectivity index (χ3v) is 3.57. The van der Waals surface area contributed by atoms with Gasteiger partial charge >= 0.3 is 0 Å². The van der Waals surface area contributed by atoms with Crippen LogP contribution in [0.5, 0.6) is 17.2 Å². The molecular weight excluding hydrogens is 296 g/mol. The van der Waals surface area contributed by atoms with Gasteiger partial charge in [0, 0.05) is 17.2 Å². The number of Topliss-reactive ketones (excluding diaryl/α,β-unsaturated/α-hetero) is 1. The van der Waals surface area contributed by atoms with Crippen molar-refractivity contribution < 1.29 is 24.9 Å². The van der Waals surface area contributed by atoms with E-state index < -0.39 is 23.7 Å². The maximum absolute atomic E-state index is 12.2. The van der Waals surface area contributed by atoms with E-state index in [0.717, 1.165) is 6.07 Å². The van der Waals surface area contributed by atoms with Crippen LogP contribution in [0.25, 0.3) is 0 Å². The molecule has 0 spiro atoms. The molecule has 1 aliphatic heterocycles. The van der Waals surface area contributed by atoms with Crippen LogP contribution in [-0.4, -0.2) is 27.2 Å². The number of carbonyl (C=O) groups is 1. The lowest BCUT2D eigenvalue weighted by Crippen LogP contribution is -2.36. The highest BCUT2D eigenvalue weighted by atomic mass is 35.5. The summed E-state index contributed by atoms with van der Waals surface area (Å²) in [6.45, 7) is 0. The monoisotopic (exact) mass is 306 g/mol. The Morgan fingerprint density at radius 1 is 1.10 bits per heavy atom. The fraction of sp³-hybridized carbons (Fsp3) is 0.133. The van der Waals surface area contributed by atoms with Gasteiger partial charge < -0.3 is 20.1 Å². The molecule has 3 rings (SSSR count). The number of carbonyl (C=O) groups excluding carboxylic acids is 1. The number of aliphatic hydroxyl groups excluding tert-OH is 1. The molecule has 108 valence electrons. The van der Waals surface area contributed by atoms with Gasteiger partial charge in [-0.2, -0.15) is 0 Å². The van der Waals surface area contributed by atoms with Crippen LogP contribution in [0.15, 0.2) is 36.4 Å². The molecule has 0 aliphatic carbocycles. The summed E-state index contributed by atoms with van der Waals surface area (Å²) < 4.78 is 5.57. The van der Waals surface area contributed by atoms with Gasteiger partial charge in [0.2, 0.25) is 5.78 Å². The molecule has 5 nitrogen and oxygen atoms in total. The quantitative estimate of drug-likeness (QED) is 0.753. The summed E-state index contributed by atoms with van der Waals surface area (Å²) in [7, 11) is 0. The molecule has 21 heavy (non-hydrogen) atoms. The lowest BCUT2D eigenvalue weighted by Gasteiger charge is -2.30. The summed E-state index contributed by atoms with van der Waals surface area (Å²) in [6.07, 6.45) is -2.38. The molecule has 2 unspecified atom stereocenters. The predicted octanol–water partition coefficient (Wildman–Crippen LogP) is 2.43. The van der Waals surface area contributed by atoms with Crippen molar-refractivity contribution in [2.45, 2.75) is 12.2 Å². The van der Waals surface area contributed by atoms with E-state index in [9.17, 15) is 20.1 Å². The van der Waals surface area contributed by atoms with Gasteiger partial charge in [-0.15, -0.1) is 0 Å². The summed E-state index contributed by atoms with van der Waals surface area (Å²) >= 11 is 5.80. The molecule has 6 heteroatoms. The van der Waals surface area contributed by atoms with Crippen molar-refractivity contribution in [1.29, 1.82) is 0 Å². The maximum Gasteiger partial charge on any atom is 0.202 e. The van der Waals surface area contributed by atoms with E-state index in [1.807, 2.05) is 0 Å². The molecule has 1 heterocycles. The number of ether oxygens (including phenoxy) is 1. The highest BCUT2D eigenvalue weighted by molar-refractivity contribution is 6.30. The first-order chi connectivity index (χ1) is 9.97. The van der Waals surface area contributed by atoms with Crippen LogP contribution in [0.2, 0.25) is 5.02 Å². The van der Waals surface area contributed by atoms with E-state index in [-0.39, 0.29) is 17.1 Å². The first-order valence-electron chi connectivity index (χ1n) is 6.18. The number of rotatable bonds is 1. The maximum atomic E-state index is 12.2. The van der Waals surface area contributed by atoms with E-state index in [1.54, 1.807) is 24.3 Å². The van der Waals surface area contributed by atoms with Crippen molar-refractivity contribution in [3.8, 4) is 17.2 Å². The number of hydrogen-bond acceptors (Lipinski definition) is 5. The molecule has 1 aliphatic rings. The van der Waals surface area contributed by atoms with Gasteiger partial charge in [0.15, 0.2) is 12.2 Å². The first-order valence-corrected chi connectivity index (χ1v) is 6.55. The summed E-state index contributed by atoms with van der Waals surface area (Å²) in [4.78, 5) is 12.2. The Bertz CT molecular complexity index is 711. The predicted molar refractivity (Wildman–Crippen MR) is 74.9 cm³/mol. The smallest absolute Gasteiger partial charge is 0.202 e. The standard InChI is InChI=1S/C15H11ClO5/c16-8-3-1-7(2-4-8)15-14(20)13(19)12-10(18)5-9(17)6-11(12)21-15/h1-6,14-15,17-18,20H. The van der Waals surface area contributed by atoms with E-state index in [4.69, 9.17) is 16.3 Å². The second-order valence-electron chi connectivity index (χ2n) is 4.74. The zero-order chi connectivity index (χ0) is 15.1. The van der Waals surface area contributed by atoms with Crippen LogP contribution in [0.4, 0.5) is 0 Å². The molecule has 0 saturated carbocycles. The summed E-state index contributed by atoms with van der Waals surface area (Å²) in [5.41, 5.74) is 0.430. The lowest BCUT2D eigenvalue weighted by molar-refractivity contribution is 0.0211. The van der Waals surface area contributed by atoms with E-state index in [1.165, 1.54) is 6.07 Å². The van der Waals surface area contributed by atoms with Gasteiger partial charge in [-0.3, -0.25) is 4.79 Å². The van der Waals surface area contributed by atoms with Gasteiger partial charge in [0.1, 0.15) is 22.8 Å². The average Bonchev–Trinajstić information content (AvgIpc) is 2.43. The molecule has 0 amide bonds. The van der Waals surface area contributed by atoms with Crippen molar-refractivity contribution >= 4 is 17.4 Å². The molecule has 0 bridgehead atoms. The minimum Gasteiger partial charge on any atom is -0.508 e. The zero-order valence-corrected chi connectivity index (χ0v) is 11.4. The van der Waals surface area contributed by atoms with Gasteiger partial charge in [-0.05, 0) is 17.7 Å². The first kappa shape index (κ1) is 13.7. The summed E-state index contributed by atoms with van der Waals surface area (Å²) in [5, 5.41) is 29.9. The second kappa shape index (κ2) is 4.95. The van der Waals surface area contributed by atoms with Crippen LogP contribution in [0.1, 0.15) is 22.0 Å².